The predicted molar refractivity (Wildman–Crippen MR) is 118 cm³/mol. The maximum absolute atomic E-state index is 13.4. The molecule has 30 heavy (non-hydrogen) atoms. The molecule has 7 nitrogen and oxygen atoms in total. The fraction of sp³-hybridized carbons (Fsp3) is 0.364. The molecule has 0 saturated carbocycles. The number of aryl methyl sites for hydroxylation is 2. The third-order valence-corrected chi connectivity index (χ3v) is 6.14. The number of carbonyl (C=O) groups excluding carboxylic acids is 2. The number of nitrogens with one attached hydrogen (secondary N) is 2. The second kappa shape index (κ2) is 8.18. The SMILES string of the molecule is CCn1cc(C2C(C(=O)Nc3ccc(Br)cn3)=C(C)NC3=CCCC(=O)C32)c(C)n1. The van der Waals surface area contributed by atoms with Crippen molar-refractivity contribution in [2.45, 2.75) is 46.1 Å². The number of hydrogen-bond donors (Lipinski definition) is 2. The van der Waals surface area contributed by atoms with Crippen LogP contribution in [0.25, 0.3) is 0 Å². The van der Waals surface area contributed by atoms with Gasteiger partial charge in [-0.1, -0.05) is 6.08 Å². The van der Waals surface area contributed by atoms with Crippen molar-refractivity contribution in [2.24, 2.45) is 5.92 Å². The first-order valence-electron chi connectivity index (χ1n) is 10.1. The average molecular weight is 470 g/mol. The van der Waals surface area contributed by atoms with E-state index in [0.29, 0.717) is 17.8 Å². The molecular formula is C22H24BrN5O2. The van der Waals surface area contributed by atoms with Crippen LogP contribution in [0, 0.1) is 12.8 Å². The smallest absolute Gasteiger partial charge is 0.255 e. The normalized spacial score (nSPS) is 21.1. The number of hydrogen-bond acceptors (Lipinski definition) is 5. The summed E-state index contributed by atoms with van der Waals surface area (Å²) in [4.78, 5) is 30.6. The number of Topliss-reactive ketones (excluding diaryl/α,β-unsaturated/α-hetero) is 1. The number of anilines is 1. The highest BCUT2D eigenvalue weighted by Crippen LogP contribution is 2.44. The molecule has 156 valence electrons. The molecule has 8 heteroatoms. The molecule has 0 fully saturated rings. The van der Waals surface area contributed by atoms with E-state index in [4.69, 9.17) is 0 Å². The van der Waals surface area contributed by atoms with Crippen molar-refractivity contribution in [3.05, 3.63) is 63.3 Å². The molecule has 4 rings (SSSR count). The van der Waals surface area contributed by atoms with Gasteiger partial charge in [0, 0.05) is 58.3 Å². The van der Waals surface area contributed by atoms with Gasteiger partial charge in [-0.15, -0.1) is 0 Å². The zero-order valence-electron chi connectivity index (χ0n) is 17.2. The standard InChI is InChI=1S/C22H24BrN5O2/c1-4-28-11-15(12(2)27-28)20-19(22(30)26-18-9-8-14(23)10-24-18)13(3)25-16-6-5-7-17(29)21(16)20/h6,8-11,20-21,25H,4-5,7H2,1-3H3,(H,24,26,30). The highest BCUT2D eigenvalue weighted by atomic mass is 79.9. The molecule has 0 spiro atoms. The number of fused-ring (bicyclic) bond motifs is 1. The van der Waals surface area contributed by atoms with Gasteiger partial charge in [-0.2, -0.15) is 5.10 Å². The molecule has 0 aromatic carbocycles. The van der Waals surface area contributed by atoms with Crippen LogP contribution in [0.2, 0.25) is 0 Å². The lowest BCUT2D eigenvalue weighted by Crippen LogP contribution is -2.41. The average Bonchev–Trinajstić information content (AvgIpc) is 3.09. The van der Waals surface area contributed by atoms with Gasteiger partial charge in [-0.3, -0.25) is 14.3 Å². The van der Waals surface area contributed by atoms with E-state index >= 15 is 0 Å². The van der Waals surface area contributed by atoms with Crippen molar-refractivity contribution in [2.75, 3.05) is 5.32 Å². The predicted octanol–water partition coefficient (Wildman–Crippen LogP) is 3.83. The third kappa shape index (κ3) is 3.71. The number of halogens is 1. The van der Waals surface area contributed by atoms with Crippen LogP contribution in [0.5, 0.6) is 0 Å². The summed E-state index contributed by atoms with van der Waals surface area (Å²) in [5.74, 6) is -0.455. The number of aromatic nitrogens is 3. The first kappa shape index (κ1) is 20.5. The van der Waals surface area contributed by atoms with Crippen LogP contribution >= 0.6 is 15.9 Å². The number of ketones is 1. The summed E-state index contributed by atoms with van der Waals surface area (Å²) < 4.78 is 2.68. The topological polar surface area (TPSA) is 88.9 Å². The van der Waals surface area contributed by atoms with Crippen LogP contribution in [-0.2, 0) is 16.1 Å². The van der Waals surface area contributed by atoms with Crippen LogP contribution in [0.15, 0.2) is 52.0 Å². The summed E-state index contributed by atoms with van der Waals surface area (Å²) in [5, 5.41) is 10.8. The summed E-state index contributed by atoms with van der Waals surface area (Å²) in [6, 6.07) is 3.56. The monoisotopic (exact) mass is 469 g/mol. The molecule has 2 unspecified atom stereocenters. The van der Waals surface area contributed by atoms with Crippen LogP contribution in [0.4, 0.5) is 5.82 Å². The first-order chi connectivity index (χ1) is 14.4. The molecule has 1 aliphatic carbocycles. The highest BCUT2D eigenvalue weighted by molar-refractivity contribution is 9.10. The minimum atomic E-state index is -0.408. The zero-order valence-corrected chi connectivity index (χ0v) is 18.8. The van der Waals surface area contributed by atoms with Crippen molar-refractivity contribution >= 4 is 33.4 Å². The summed E-state index contributed by atoms with van der Waals surface area (Å²) in [6.45, 7) is 6.55. The fourth-order valence-corrected chi connectivity index (χ4v) is 4.52. The number of amides is 1. The van der Waals surface area contributed by atoms with Gasteiger partial charge in [0.15, 0.2) is 0 Å². The second-order valence-corrected chi connectivity index (χ2v) is 8.54. The van der Waals surface area contributed by atoms with Crippen LogP contribution < -0.4 is 10.6 Å². The highest BCUT2D eigenvalue weighted by Gasteiger charge is 2.44. The Kier molecular flexibility index (Phi) is 5.60. The summed E-state index contributed by atoms with van der Waals surface area (Å²) in [6.07, 6.45) is 6.87. The molecule has 2 atom stereocenters. The quantitative estimate of drug-likeness (QED) is 0.709. The Morgan fingerprint density at radius 2 is 2.13 bits per heavy atom. The third-order valence-electron chi connectivity index (χ3n) is 5.67. The minimum Gasteiger partial charge on any atom is -0.362 e. The van der Waals surface area contributed by atoms with Gasteiger partial charge in [-0.05, 0) is 55.3 Å². The Labute approximate surface area is 183 Å². The van der Waals surface area contributed by atoms with Gasteiger partial charge in [0.05, 0.1) is 11.6 Å². The van der Waals surface area contributed by atoms with E-state index in [1.165, 1.54) is 0 Å². The molecule has 1 amide bonds. The van der Waals surface area contributed by atoms with Gasteiger partial charge < -0.3 is 10.6 Å². The zero-order chi connectivity index (χ0) is 21.4. The Morgan fingerprint density at radius 3 is 2.80 bits per heavy atom. The molecule has 2 N–H and O–H groups in total. The minimum absolute atomic E-state index is 0.146. The molecule has 2 aromatic rings. The molecule has 1 aliphatic heterocycles. The molecule has 0 bridgehead atoms. The maximum atomic E-state index is 13.4. The van der Waals surface area contributed by atoms with E-state index in [1.54, 1.807) is 12.3 Å². The van der Waals surface area contributed by atoms with Gasteiger partial charge in [0.2, 0.25) is 0 Å². The van der Waals surface area contributed by atoms with Crippen molar-refractivity contribution in [1.29, 1.82) is 0 Å². The van der Waals surface area contributed by atoms with Crippen molar-refractivity contribution < 1.29 is 9.59 Å². The second-order valence-electron chi connectivity index (χ2n) is 7.62. The van der Waals surface area contributed by atoms with E-state index in [9.17, 15) is 9.59 Å². The lowest BCUT2D eigenvalue weighted by atomic mass is 9.71. The van der Waals surface area contributed by atoms with Crippen molar-refractivity contribution in [1.82, 2.24) is 20.1 Å². The lowest BCUT2D eigenvalue weighted by Gasteiger charge is -2.38. The molecule has 2 aromatic heterocycles. The van der Waals surface area contributed by atoms with Crippen molar-refractivity contribution in [3.8, 4) is 0 Å². The Hall–Kier alpha value is -2.74. The van der Waals surface area contributed by atoms with Gasteiger partial charge >= 0.3 is 0 Å². The van der Waals surface area contributed by atoms with E-state index in [1.807, 2.05) is 37.7 Å². The molecule has 0 radical (unpaired) electrons. The van der Waals surface area contributed by atoms with Crippen LogP contribution in [0.1, 0.15) is 43.9 Å². The first-order valence-corrected chi connectivity index (χ1v) is 10.9. The van der Waals surface area contributed by atoms with E-state index in [2.05, 4.69) is 42.7 Å². The fourth-order valence-electron chi connectivity index (χ4n) is 4.28. The molecule has 0 saturated heterocycles. The summed E-state index contributed by atoms with van der Waals surface area (Å²) in [5.41, 5.74) is 3.93. The van der Waals surface area contributed by atoms with Crippen LogP contribution in [-0.4, -0.2) is 26.5 Å². The van der Waals surface area contributed by atoms with Gasteiger partial charge in [-0.25, -0.2) is 4.98 Å². The van der Waals surface area contributed by atoms with E-state index in [-0.39, 0.29) is 17.6 Å². The van der Waals surface area contributed by atoms with E-state index in [0.717, 1.165) is 40.1 Å². The summed E-state index contributed by atoms with van der Waals surface area (Å²) in [7, 11) is 0. The number of carbonyl (C=O) groups is 2. The molecular weight excluding hydrogens is 446 g/mol. The Bertz CT molecular complexity index is 1070. The number of rotatable bonds is 4. The lowest BCUT2D eigenvalue weighted by molar-refractivity contribution is -0.122. The maximum Gasteiger partial charge on any atom is 0.255 e. The molecule has 2 aliphatic rings. The number of pyridine rings is 1. The largest absolute Gasteiger partial charge is 0.362 e. The number of allylic oxidation sites excluding steroid dienone is 3. The summed E-state index contributed by atoms with van der Waals surface area (Å²) >= 11 is 3.35. The van der Waals surface area contributed by atoms with Gasteiger partial charge in [0.25, 0.3) is 5.91 Å². The number of nitrogens with zero attached hydrogens (tertiary/aromatic N) is 3. The van der Waals surface area contributed by atoms with Crippen molar-refractivity contribution in [3.63, 3.8) is 0 Å². The van der Waals surface area contributed by atoms with Crippen LogP contribution in [0.3, 0.4) is 0 Å². The Balaban J connectivity index is 1.80. The van der Waals surface area contributed by atoms with E-state index < -0.39 is 5.92 Å². The molecule has 3 heterocycles. The van der Waals surface area contributed by atoms with Gasteiger partial charge in [0.1, 0.15) is 11.6 Å². The Morgan fingerprint density at radius 1 is 1.33 bits per heavy atom.